The van der Waals surface area contributed by atoms with E-state index in [9.17, 15) is 24.3 Å². The van der Waals surface area contributed by atoms with Gasteiger partial charge in [-0.1, -0.05) is 11.8 Å². The zero-order chi connectivity index (χ0) is 23.3. The van der Waals surface area contributed by atoms with E-state index >= 15 is 0 Å². The van der Waals surface area contributed by atoms with E-state index in [4.69, 9.17) is 4.74 Å². The average Bonchev–Trinajstić information content (AvgIpc) is 2.66. The van der Waals surface area contributed by atoms with Crippen LogP contribution in [-0.4, -0.2) is 74.7 Å². The molecule has 0 aliphatic carbocycles. The number of hydrogen-bond donors (Lipinski definition) is 2. The minimum absolute atomic E-state index is 0.0517. The molecule has 2 heterocycles. The molecule has 1 amide bonds. The number of carboxylic acid groups (broad SMARTS) is 1. The highest BCUT2D eigenvalue weighted by Crippen LogP contribution is 2.45. The van der Waals surface area contributed by atoms with Gasteiger partial charge in [0.25, 0.3) is 0 Å². The number of ether oxygens (including phenoxy) is 1. The zero-order valence-corrected chi connectivity index (χ0v) is 19.9. The summed E-state index contributed by atoms with van der Waals surface area (Å²) in [7, 11) is 0. The maximum absolute atomic E-state index is 12.7. The van der Waals surface area contributed by atoms with Crippen molar-refractivity contribution in [3.05, 3.63) is 11.0 Å². The Labute approximate surface area is 190 Å². The Morgan fingerprint density at radius 3 is 2.55 bits per heavy atom. The van der Waals surface area contributed by atoms with E-state index in [0.29, 0.717) is 10.7 Å². The number of rotatable bonds is 9. The summed E-state index contributed by atoms with van der Waals surface area (Å²) in [5.74, 6) is -2.55. The molecule has 31 heavy (non-hydrogen) atoms. The minimum atomic E-state index is -1.19. The predicted molar refractivity (Wildman–Crippen MR) is 121 cm³/mol. The molecule has 2 N–H and O–H groups in total. The number of thioether (sulfide) groups is 2. The lowest BCUT2D eigenvalue weighted by molar-refractivity contribution is -0.164. The molecule has 0 saturated carbocycles. The molecule has 11 heteroatoms. The van der Waals surface area contributed by atoms with Crippen LogP contribution < -0.4 is 5.32 Å². The first-order valence-electron chi connectivity index (χ1n) is 10.0. The Balaban J connectivity index is 1.99. The summed E-state index contributed by atoms with van der Waals surface area (Å²) in [6, 6.07) is -0.912. The number of carbonyl (C=O) groups excluding carboxylic acids is 3. The molecule has 0 bridgehead atoms. The number of amides is 1. The van der Waals surface area contributed by atoms with E-state index in [-0.39, 0.29) is 42.6 Å². The highest BCUT2D eigenvalue weighted by molar-refractivity contribution is 8.14. The van der Waals surface area contributed by atoms with Gasteiger partial charge in [0.15, 0.2) is 11.2 Å². The molecule has 2 aliphatic heterocycles. The Bertz CT molecular complexity index is 796. The lowest BCUT2D eigenvalue weighted by Gasteiger charge is -2.51. The van der Waals surface area contributed by atoms with Gasteiger partial charge in [0.05, 0.1) is 17.0 Å². The number of esters is 1. The van der Waals surface area contributed by atoms with Crippen LogP contribution in [0, 0.1) is 5.92 Å². The summed E-state index contributed by atoms with van der Waals surface area (Å²) in [5.41, 5.74) is 0.340. The summed E-state index contributed by atoms with van der Waals surface area (Å²) in [6.45, 7) is 8.93. The van der Waals surface area contributed by atoms with Crippen LogP contribution in [-0.2, 0) is 23.9 Å². The van der Waals surface area contributed by atoms with Gasteiger partial charge in [-0.25, -0.2) is 4.79 Å². The molecule has 2 rings (SSSR count). The highest BCUT2D eigenvalue weighted by atomic mass is 32.2. The van der Waals surface area contributed by atoms with Gasteiger partial charge < -0.3 is 20.1 Å². The fraction of sp³-hybridized carbons (Fsp3) is 0.650. The first kappa shape index (κ1) is 25.3. The largest absolute Gasteiger partial charge is 0.479 e. The first-order valence-corrected chi connectivity index (χ1v) is 12.0. The lowest BCUT2D eigenvalue weighted by atomic mass is 9.89. The number of β-lactam (4-membered cyclic amide) rings is 1. The van der Waals surface area contributed by atoms with Crippen LogP contribution in [0.5, 0.6) is 0 Å². The highest BCUT2D eigenvalue weighted by Gasteiger charge is 2.55. The lowest BCUT2D eigenvalue weighted by Crippen LogP contribution is -2.66. The molecule has 0 aromatic heterocycles. The van der Waals surface area contributed by atoms with Gasteiger partial charge in [0, 0.05) is 31.0 Å². The topological polar surface area (TPSA) is 125 Å². The van der Waals surface area contributed by atoms with Crippen LogP contribution in [0.1, 0.15) is 41.0 Å². The maximum Gasteiger partial charge on any atom is 0.330 e. The van der Waals surface area contributed by atoms with E-state index in [0.717, 1.165) is 0 Å². The van der Waals surface area contributed by atoms with Gasteiger partial charge in [-0.3, -0.25) is 19.4 Å². The van der Waals surface area contributed by atoms with Crippen LogP contribution in [0.2, 0.25) is 0 Å². The van der Waals surface area contributed by atoms with Crippen molar-refractivity contribution in [1.29, 1.82) is 0 Å². The normalized spacial score (nSPS) is 23.3. The second-order valence-electron chi connectivity index (χ2n) is 7.95. The number of Topliss-reactive ketones (excluding diaryl/α,β-unsaturated/α-hetero) is 1. The molecule has 1 saturated heterocycles. The molecule has 3 atom stereocenters. The number of fused-ring (bicyclic) bond motifs is 1. The van der Waals surface area contributed by atoms with Crippen molar-refractivity contribution in [1.82, 2.24) is 10.2 Å². The molecule has 1 fully saturated rings. The van der Waals surface area contributed by atoms with Crippen LogP contribution in [0.25, 0.3) is 0 Å². The molecule has 172 valence electrons. The fourth-order valence-corrected chi connectivity index (χ4v) is 5.49. The van der Waals surface area contributed by atoms with Gasteiger partial charge in [-0.2, -0.15) is 0 Å². The number of aliphatic carboxylic acids is 1. The Morgan fingerprint density at radius 2 is 2.00 bits per heavy atom. The third-order valence-electron chi connectivity index (χ3n) is 4.46. The Kier molecular flexibility index (Phi) is 8.99. The van der Waals surface area contributed by atoms with Crippen LogP contribution in [0.4, 0.5) is 0 Å². The second-order valence-corrected chi connectivity index (χ2v) is 9.91. The van der Waals surface area contributed by atoms with Gasteiger partial charge in [0.1, 0.15) is 12.4 Å². The molecule has 0 aromatic rings. The number of nitrogens with one attached hydrogen (secondary N) is 1. The second kappa shape index (κ2) is 11.0. The van der Waals surface area contributed by atoms with Crippen LogP contribution in [0.15, 0.2) is 16.0 Å². The average molecular weight is 472 g/mol. The molecule has 2 aliphatic rings. The van der Waals surface area contributed by atoms with Crippen molar-refractivity contribution in [2.45, 2.75) is 64.5 Å². The summed E-state index contributed by atoms with van der Waals surface area (Å²) in [4.78, 5) is 53.8. The van der Waals surface area contributed by atoms with Crippen LogP contribution >= 0.6 is 23.5 Å². The molecule has 9 nitrogen and oxygen atoms in total. The van der Waals surface area contributed by atoms with Crippen LogP contribution in [0.3, 0.4) is 0 Å². The van der Waals surface area contributed by atoms with E-state index in [1.165, 1.54) is 35.3 Å². The van der Waals surface area contributed by atoms with E-state index in [2.05, 4.69) is 10.3 Å². The van der Waals surface area contributed by atoms with Gasteiger partial charge in [-0.15, -0.1) is 11.8 Å². The fourth-order valence-electron chi connectivity index (χ4n) is 3.20. The van der Waals surface area contributed by atoms with Crippen molar-refractivity contribution >= 4 is 52.3 Å². The van der Waals surface area contributed by atoms with Crippen molar-refractivity contribution in [2.75, 3.05) is 12.4 Å². The quantitative estimate of drug-likeness (QED) is 0.224. The number of amidine groups is 1. The van der Waals surface area contributed by atoms with E-state index in [1.54, 1.807) is 5.41 Å². The van der Waals surface area contributed by atoms with E-state index < -0.39 is 29.3 Å². The monoisotopic (exact) mass is 471 g/mol. The number of carbonyl (C=O) groups is 4. The van der Waals surface area contributed by atoms with Crippen molar-refractivity contribution in [3.8, 4) is 0 Å². The summed E-state index contributed by atoms with van der Waals surface area (Å²) in [5, 5.41) is 14.7. The molecule has 0 radical (unpaired) electrons. The summed E-state index contributed by atoms with van der Waals surface area (Å²) < 4.78 is 4.91. The summed E-state index contributed by atoms with van der Waals surface area (Å²) in [6.07, 6.45) is 0.0517. The SMILES string of the molecule is CC(=O)OCC1=CS[C@@H]2[C@H](CC(=O)CSC(=NC(C)C)NC(C)C)C(=O)N2C1C(=O)O. The third kappa shape index (κ3) is 6.73. The molecular weight excluding hydrogens is 442 g/mol. The molecule has 1 unspecified atom stereocenters. The maximum atomic E-state index is 12.7. The zero-order valence-electron chi connectivity index (χ0n) is 18.3. The van der Waals surface area contributed by atoms with Crippen molar-refractivity contribution in [2.24, 2.45) is 10.9 Å². The number of nitrogens with zero attached hydrogens (tertiary/aromatic N) is 2. The molecular formula is C20H29N3O6S2. The number of carboxylic acids is 1. The van der Waals surface area contributed by atoms with Gasteiger partial charge >= 0.3 is 11.9 Å². The number of hydrogen-bond acceptors (Lipinski definition) is 8. The van der Waals surface area contributed by atoms with Gasteiger partial charge in [-0.05, 0) is 33.1 Å². The minimum Gasteiger partial charge on any atom is -0.479 e. The predicted octanol–water partition coefficient (Wildman–Crippen LogP) is 1.87. The number of aliphatic imine (C=N–C) groups is 1. The van der Waals surface area contributed by atoms with Crippen molar-refractivity contribution < 1.29 is 29.0 Å². The Morgan fingerprint density at radius 1 is 1.32 bits per heavy atom. The molecule has 0 aromatic carbocycles. The van der Waals surface area contributed by atoms with Crippen molar-refractivity contribution in [3.63, 3.8) is 0 Å². The standard InChI is InChI=1S/C20H29N3O6S2/c1-10(2)21-20(22-11(3)4)31-9-14(25)6-15-17(26)23-16(19(27)28)13(7-29-12(5)24)8-30-18(15)23/h8,10-11,15-16,18H,6-7,9H2,1-5H3,(H,21,22)(H,27,28)/t15-,16?,18-/m1/s1. The van der Waals surface area contributed by atoms with E-state index in [1.807, 2.05) is 27.7 Å². The summed E-state index contributed by atoms with van der Waals surface area (Å²) >= 11 is 2.59. The number of ketones is 1. The third-order valence-corrected chi connectivity index (χ3v) is 6.70. The Hall–Kier alpha value is -2.01. The molecule has 0 spiro atoms. The first-order chi connectivity index (χ1) is 14.5. The van der Waals surface area contributed by atoms with Gasteiger partial charge in [0.2, 0.25) is 5.91 Å². The smallest absolute Gasteiger partial charge is 0.330 e.